The molecule has 0 aliphatic rings. The van der Waals surface area contributed by atoms with Crippen LogP contribution in [-0.2, 0) is 16.0 Å². The minimum Gasteiger partial charge on any atom is -0.481 e. The number of nitrogens with zero attached hydrogens (tertiary/aromatic N) is 2. The Morgan fingerprint density at radius 2 is 1.84 bits per heavy atom. The predicted molar refractivity (Wildman–Crippen MR) is 108 cm³/mol. The lowest BCUT2D eigenvalue weighted by Crippen LogP contribution is -2.48. The second kappa shape index (κ2) is 9.89. The Hall–Kier alpha value is -3.97. The highest BCUT2D eigenvalue weighted by molar-refractivity contribution is 5.86. The largest absolute Gasteiger partial charge is 0.481 e. The number of fused-ring (bicyclic) bond motifs is 1. The van der Waals surface area contributed by atoms with Gasteiger partial charge in [0, 0.05) is 23.5 Å². The Labute approximate surface area is 180 Å². The zero-order valence-electron chi connectivity index (χ0n) is 16.7. The van der Waals surface area contributed by atoms with Gasteiger partial charge in [0.05, 0.1) is 13.0 Å². The Bertz CT molecular complexity index is 1110. The van der Waals surface area contributed by atoms with Crippen molar-refractivity contribution in [1.29, 1.82) is 0 Å². The highest BCUT2D eigenvalue weighted by atomic mass is 16.4. The van der Waals surface area contributed by atoms with Crippen molar-refractivity contribution in [3.63, 3.8) is 0 Å². The fraction of sp³-hybridized carbons (Fsp3) is 0.316. The lowest BCUT2D eigenvalue weighted by Gasteiger charge is -2.18. The number of carboxylic acids is 2. The highest BCUT2D eigenvalue weighted by Crippen LogP contribution is 2.25. The summed E-state index contributed by atoms with van der Waals surface area (Å²) in [6, 6.07) is 3.09. The van der Waals surface area contributed by atoms with E-state index in [2.05, 4.69) is 25.8 Å². The van der Waals surface area contributed by atoms with Gasteiger partial charge in [-0.1, -0.05) is 18.2 Å². The number of aliphatic carboxylic acids is 2. The first kappa shape index (κ1) is 22.7. The summed E-state index contributed by atoms with van der Waals surface area (Å²) in [5.74, 6) is -2.94. The fourth-order valence-corrected chi connectivity index (χ4v) is 3.07. The Morgan fingerprint density at radius 1 is 1.12 bits per heavy atom. The molecule has 0 unspecified atom stereocenters. The number of carbonyl (C=O) groups excluding carboxylic acids is 1. The summed E-state index contributed by atoms with van der Waals surface area (Å²) < 4.78 is 5.51. The van der Waals surface area contributed by atoms with Crippen LogP contribution in [0.25, 0.3) is 10.9 Å². The molecule has 0 aliphatic carbocycles. The number of urea groups is 1. The molecule has 2 heterocycles. The molecule has 0 bridgehead atoms. The van der Waals surface area contributed by atoms with Gasteiger partial charge in [-0.05, 0) is 11.6 Å². The number of aromatic nitrogens is 3. The van der Waals surface area contributed by atoms with Crippen molar-refractivity contribution in [1.82, 2.24) is 25.8 Å². The van der Waals surface area contributed by atoms with Crippen molar-refractivity contribution in [2.45, 2.75) is 31.0 Å². The van der Waals surface area contributed by atoms with Crippen LogP contribution < -0.4 is 16.4 Å². The summed E-state index contributed by atoms with van der Waals surface area (Å²) >= 11 is 0. The average Bonchev–Trinajstić information content (AvgIpc) is 3.39. The van der Waals surface area contributed by atoms with Gasteiger partial charge in [-0.15, -0.1) is 10.2 Å². The molecule has 0 aliphatic heterocycles. The van der Waals surface area contributed by atoms with Crippen LogP contribution in [-0.4, -0.2) is 61.1 Å². The molecule has 3 atom stereocenters. The second-order valence-corrected chi connectivity index (χ2v) is 6.99. The van der Waals surface area contributed by atoms with E-state index in [0.717, 1.165) is 16.5 Å². The van der Waals surface area contributed by atoms with Gasteiger partial charge < -0.3 is 41.1 Å². The van der Waals surface area contributed by atoms with Gasteiger partial charge in [0.15, 0.2) is 0 Å². The number of H-pyrrole nitrogens is 1. The molecular weight excluding hydrogens is 424 g/mol. The summed E-state index contributed by atoms with van der Waals surface area (Å²) in [7, 11) is 0. The first-order valence-corrected chi connectivity index (χ1v) is 9.54. The van der Waals surface area contributed by atoms with E-state index in [1.54, 1.807) is 6.20 Å². The molecule has 2 amide bonds. The molecule has 3 rings (SSSR count). The number of nitrogens with one attached hydrogen (secondary N) is 3. The molecule has 13 nitrogen and oxygen atoms in total. The molecule has 2 aromatic heterocycles. The molecule has 0 fully saturated rings. The van der Waals surface area contributed by atoms with E-state index in [0.29, 0.717) is 0 Å². The van der Waals surface area contributed by atoms with E-state index >= 15 is 0 Å². The number of nitrogens with two attached hydrogens (primary N) is 1. The molecule has 0 radical (unpaired) electrons. The number of aliphatic hydroxyl groups excluding tert-OH is 1. The third-order valence-corrected chi connectivity index (χ3v) is 4.65. The normalized spacial score (nSPS) is 13.9. The first-order chi connectivity index (χ1) is 15.3. The average molecular weight is 446 g/mol. The molecule has 170 valence electrons. The maximum atomic E-state index is 12.5. The first-order valence-electron chi connectivity index (χ1n) is 9.54. The molecule has 32 heavy (non-hydrogen) atoms. The van der Waals surface area contributed by atoms with Crippen molar-refractivity contribution >= 4 is 28.9 Å². The lowest BCUT2D eigenvalue weighted by molar-refractivity contribution is -0.145. The van der Waals surface area contributed by atoms with Gasteiger partial charge in [0.2, 0.25) is 11.8 Å². The number of carbonyl (C=O) groups is 3. The monoisotopic (exact) mass is 446 g/mol. The number of hydrogen-bond acceptors (Lipinski definition) is 8. The molecule has 8 N–H and O–H groups in total. The van der Waals surface area contributed by atoms with Gasteiger partial charge in [0.25, 0.3) is 0 Å². The van der Waals surface area contributed by atoms with Crippen LogP contribution in [0.1, 0.15) is 35.8 Å². The predicted octanol–water partition coefficient (Wildman–Crippen LogP) is 0.0539. The van der Waals surface area contributed by atoms with Crippen LogP contribution in [0.3, 0.4) is 0 Å². The Balaban J connectivity index is 1.84. The molecule has 13 heteroatoms. The van der Waals surface area contributed by atoms with Crippen molar-refractivity contribution in [3.05, 3.63) is 47.8 Å². The van der Waals surface area contributed by atoms with Gasteiger partial charge in [-0.2, -0.15) is 0 Å². The number of carboxylic acid groups (broad SMARTS) is 2. The van der Waals surface area contributed by atoms with Gasteiger partial charge in [-0.25, -0.2) is 9.59 Å². The van der Waals surface area contributed by atoms with E-state index < -0.39 is 49.1 Å². The fourth-order valence-electron chi connectivity index (χ4n) is 3.07. The SMILES string of the molecule is N[C@@H](CO)c1nnc([C@H](Cc2c[nH]c3ccccc23)NC(=O)N[C@@H](CC(=O)O)C(=O)O)o1. The topological polar surface area (TPSA) is 217 Å². The molecule has 0 spiro atoms. The number of amides is 2. The van der Waals surface area contributed by atoms with Crippen LogP contribution in [0.2, 0.25) is 0 Å². The van der Waals surface area contributed by atoms with E-state index in [-0.39, 0.29) is 18.2 Å². The minimum atomic E-state index is -1.64. The maximum absolute atomic E-state index is 12.5. The summed E-state index contributed by atoms with van der Waals surface area (Å²) in [5.41, 5.74) is 7.36. The smallest absolute Gasteiger partial charge is 0.326 e. The van der Waals surface area contributed by atoms with E-state index in [4.69, 9.17) is 20.4 Å². The number of aliphatic hydroxyl groups is 1. The van der Waals surface area contributed by atoms with Crippen LogP contribution in [0.4, 0.5) is 4.79 Å². The second-order valence-electron chi connectivity index (χ2n) is 6.99. The summed E-state index contributed by atoms with van der Waals surface area (Å²) in [5, 5.41) is 40.4. The standard InChI is InChI=1S/C19H22N6O7/c20-11(8-26)16-24-25-17(32-16)13(5-9-7-21-12-4-2-1-3-10(9)12)22-19(31)23-14(18(29)30)6-15(27)28/h1-4,7,11,13-14,21,26H,5-6,8,20H2,(H,27,28)(H,29,30)(H2,22,23,31)/t11-,13-,14-/m0/s1. The summed E-state index contributed by atoms with van der Waals surface area (Å²) in [6.45, 7) is -0.432. The molecule has 0 saturated heterocycles. The zero-order valence-corrected chi connectivity index (χ0v) is 16.7. The number of benzene rings is 1. The molecule has 1 aromatic carbocycles. The molecular formula is C19H22N6O7. The van der Waals surface area contributed by atoms with E-state index in [1.165, 1.54) is 0 Å². The van der Waals surface area contributed by atoms with Crippen molar-refractivity contribution < 1.29 is 34.1 Å². The Kier molecular flexibility index (Phi) is 7.02. The highest BCUT2D eigenvalue weighted by Gasteiger charge is 2.28. The number of para-hydroxylation sites is 1. The maximum Gasteiger partial charge on any atom is 0.326 e. The lowest BCUT2D eigenvalue weighted by atomic mass is 10.0. The van der Waals surface area contributed by atoms with Crippen LogP contribution >= 0.6 is 0 Å². The molecule has 0 saturated carbocycles. The van der Waals surface area contributed by atoms with Crippen molar-refractivity contribution in [2.24, 2.45) is 5.73 Å². The summed E-state index contributed by atoms with van der Waals surface area (Å²) in [4.78, 5) is 37.7. The quantitative estimate of drug-likeness (QED) is 0.222. The van der Waals surface area contributed by atoms with Gasteiger partial charge in [-0.3, -0.25) is 4.79 Å². The van der Waals surface area contributed by atoms with Crippen LogP contribution in [0, 0.1) is 0 Å². The van der Waals surface area contributed by atoms with Crippen molar-refractivity contribution in [2.75, 3.05) is 6.61 Å². The van der Waals surface area contributed by atoms with E-state index in [9.17, 15) is 19.5 Å². The van der Waals surface area contributed by atoms with Crippen molar-refractivity contribution in [3.8, 4) is 0 Å². The van der Waals surface area contributed by atoms with Crippen LogP contribution in [0.5, 0.6) is 0 Å². The molecule has 3 aromatic rings. The third kappa shape index (κ3) is 5.39. The number of hydrogen-bond donors (Lipinski definition) is 7. The Morgan fingerprint density at radius 3 is 2.53 bits per heavy atom. The van der Waals surface area contributed by atoms with E-state index in [1.807, 2.05) is 24.3 Å². The van der Waals surface area contributed by atoms with Gasteiger partial charge in [0.1, 0.15) is 18.1 Å². The van der Waals surface area contributed by atoms with Gasteiger partial charge >= 0.3 is 18.0 Å². The summed E-state index contributed by atoms with van der Waals surface area (Å²) in [6.07, 6.45) is 1.13. The zero-order chi connectivity index (χ0) is 23.3. The minimum absolute atomic E-state index is 0.0190. The third-order valence-electron chi connectivity index (χ3n) is 4.65. The number of rotatable bonds is 10. The van der Waals surface area contributed by atoms with Crippen LogP contribution in [0.15, 0.2) is 34.9 Å². The number of aromatic amines is 1.